The van der Waals surface area contributed by atoms with Crippen molar-refractivity contribution < 1.29 is 4.74 Å². The SMILES string of the molecule is COc1ccc(N=C2n3c(=O)n(-c4ccccc4)c(=O)n3-c3ccccc3C2(c2ccccc2)n2[nH]c(=O)n(-c3ccccc3)c2=O)cc1. The van der Waals surface area contributed by atoms with Crippen molar-refractivity contribution in [1.29, 1.82) is 0 Å². The van der Waals surface area contributed by atoms with Gasteiger partial charge in [-0.1, -0.05) is 84.9 Å². The molecule has 0 aliphatic carbocycles. The van der Waals surface area contributed by atoms with Crippen LogP contribution in [-0.4, -0.2) is 41.2 Å². The molecule has 1 aliphatic rings. The van der Waals surface area contributed by atoms with Crippen LogP contribution < -0.4 is 27.5 Å². The minimum Gasteiger partial charge on any atom is -0.497 e. The number of benzene rings is 5. The first-order chi connectivity index (χ1) is 23.9. The number of aliphatic imine (C=N–C) groups is 1. The van der Waals surface area contributed by atoms with Crippen molar-refractivity contribution in [3.8, 4) is 22.8 Å². The van der Waals surface area contributed by atoms with Crippen LogP contribution in [0.2, 0.25) is 0 Å². The van der Waals surface area contributed by atoms with E-state index in [9.17, 15) is 19.2 Å². The Kier molecular flexibility index (Phi) is 6.84. The lowest BCUT2D eigenvalue weighted by atomic mass is 9.79. The molecule has 1 unspecified atom stereocenters. The predicted molar refractivity (Wildman–Crippen MR) is 184 cm³/mol. The monoisotopic (exact) mass is 649 g/mol. The lowest BCUT2D eigenvalue weighted by Gasteiger charge is -2.40. The highest BCUT2D eigenvalue weighted by atomic mass is 16.5. The van der Waals surface area contributed by atoms with Crippen molar-refractivity contribution in [1.82, 2.24) is 28.3 Å². The molecule has 0 bridgehead atoms. The number of hydrogen-bond acceptors (Lipinski definition) is 6. The molecule has 3 heterocycles. The molecule has 12 heteroatoms. The smallest absolute Gasteiger partial charge is 0.358 e. The molecule has 1 N–H and O–H groups in total. The maximum Gasteiger partial charge on any atom is 0.358 e. The van der Waals surface area contributed by atoms with Gasteiger partial charge in [0, 0.05) is 5.56 Å². The van der Waals surface area contributed by atoms with E-state index in [0.717, 1.165) is 9.13 Å². The largest absolute Gasteiger partial charge is 0.497 e. The van der Waals surface area contributed by atoms with Crippen LogP contribution in [0, 0.1) is 0 Å². The summed E-state index contributed by atoms with van der Waals surface area (Å²) in [5.41, 5.74) is -2.26. The van der Waals surface area contributed by atoms with E-state index >= 15 is 0 Å². The van der Waals surface area contributed by atoms with Crippen LogP contribution in [0.4, 0.5) is 5.69 Å². The summed E-state index contributed by atoms with van der Waals surface area (Å²) >= 11 is 0. The quantitative estimate of drug-likeness (QED) is 0.293. The molecule has 0 saturated heterocycles. The van der Waals surface area contributed by atoms with Crippen LogP contribution in [-0.2, 0) is 5.54 Å². The van der Waals surface area contributed by atoms with E-state index in [0.29, 0.717) is 39.6 Å². The van der Waals surface area contributed by atoms with Crippen molar-refractivity contribution >= 4 is 11.5 Å². The van der Waals surface area contributed by atoms with Crippen LogP contribution in [0.15, 0.2) is 164 Å². The highest BCUT2D eigenvalue weighted by molar-refractivity contribution is 6.01. The Labute approximate surface area is 277 Å². The van der Waals surface area contributed by atoms with E-state index in [4.69, 9.17) is 9.73 Å². The van der Waals surface area contributed by atoms with Crippen molar-refractivity contribution in [2.75, 3.05) is 7.11 Å². The number of hydrogen-bond donors (Lipinski definition) is 1. The number of ether oxygens (including phenoxy) is 1. The van der Waals surface area contributed by atoms with Crippen molar-refractivity contribution in [2.45, 2.75) is 5.54 Å². The second-order valence-corrected chi connectivity index (χ2v) is 11.3. The molecule has 5 aromatic carbocycles. The predicted octanol–water partition coefficient (Wildman–Crippen LogP) is 3.82. The van der Waals surface area contributed by atoms with Gasteiger partial charge < -0.3 is 4.74 Å². The lowest BCUT2D eigenvalue weighted by Crippen LogP contribution is -2.58. The number of methoxy groups -OCH3 is 1. The van der Waals surface area contributed by atoms with Gasteiger partial charge in [0.15, 0.2) is 11.4 Å². The lowest BCUT2D eigenvalue weighted by molar-refractivity contribution is 0.415. The zero-order valence-corrected chi connectivity index (χ0v) is 26.0. The van der Waals surface area contributed by atoms with Gasteiger partial charge in [0.05, 0.1) is 29.9 Å². The fourth-order valence-electron chi connectivity index (χ4n) is 6.51. The summed E-state index contributed by atoms with van der Waals surface area (Å²) < 4.78 is 11.1. The molecule has 7 aromatic rings. The van der Waals surface area contributed by atoms with Crippen molar-refractivity contribution in [2.24, 2.45) is 4.99 Å². The summed E-state index contributed by atoms with van der Waals surface area (Å²) in [6.45, 7) is 0. The molecule has 0 amide bonds. The number of fused-ring (bicyclic) bond motifs is 3. The van der Waals surface area contributed by atoms with Gasteiger partial charge in [-0.05, 0) is 60.2 Å². The topological polar surface area (TPSA) is 130 Å². The van der Waals surface area contributed by atoms with Gasteiger partial charge in [-0.15, -0.1) is 0 Å². The third-order valence-electron chi connectivity index (χ3n) is 8.65. The van der Waals surface area contributed by atoms with Gasteiger partial charge >= 0.3 is 22.8 Å². The molecule has 49 heavy (non-hydrogen) atoms. The van der Waals surface area contributed by atoms with E-state index in [-0.39, 0.29) is 5.84 Å². The Balaban J connectivity index is 1.58. The Hall–Kier alpha value is -6.95. The number of aromatic nitrogens is 6. The third-order valence-corrected chi connectivity index (χ3v) is 8.65. The van der Waals surface area contributed by atoms with E-state index in [1.165, 1.54) is 14.0 Å². The molecular weight excluding hydrogens is 622 g/mol. The number of nitrogens with one attached hydrogen (secondary N) is 1. The third kappa shape index (κ3) is 4.34. The summed E-state index contributed by atoms with van der Waals surface area (Å²) in [6.07, 6.45) is 0. The van der Waals surface area contributed by atoms with E-state index < -0.39 is 28.3 Å². The minimum absolute atomic E-state index is 0.0251. The Morgan fingerprint density at radius 3 is 1.78 bits per heavy atom. The fourth-order valence-corrected chi connectivity index (χ4v) is 6.51. The van der Waals surface area contributed by atoms with Crippen LogP contribution >= 0.6 is 0 Å². The molecule has 0 spiro atoms. The maximum absolute atomic E-state index is 14.7. The number of nitrogens with zero attached hydrogens (tertiary/aromatic N) is 6. The molecule has 8 rings (SSSR count). The van der Waals surface area contributed by atoms with Crippen molar-refractivity contribution in [3.05, 3.63) is 193 Å². The van der Waals surface area contributed by atoms with Crippen LogP contribution in [0.25, 0.3) is 17.1 Å². The van der Waals surface area contributed by atoms with Crippen LogP contribution in [0.1, 0.15) is 11.1 Å². The van der Waals surface area contributed by atoms with Crippen LogP contribution in [0.3, 0.4) is 0 Å². The first-order valence-corrected chi connectivity index (χ1v) is 15.4. The van der Waals surface area contributed by atoms with E-state index in [1.807, 2.05) is 6.07 Å². The minimum atomic E-state index is -1.78. The number of aromatic amines is 1. The molecule has 240 valence electrons. The van der Waals surface area contributed by atoms with Gasteiger partial charge in [-0.3, -0.25) is 0 Å². The van der Waals surface area contributed by atoms with Gasteiger partial charge in [0.2, 0.25) is 0 Å². The van der Waals surface area contributed by atoms with Crippen molar-refractivity contribution in [3.63, 3.8) is 0 Å². The zero-order chi connectivity index (χ0) is 33.7. The van der Waals surface area contributed by atoms with Crippen LogP contribution in [0.5, 0.6) is 5.75 Å². The number of H-pyrrole nitrogens is 1. The molecule has 1 atom stereocenters. The van der Waals surface area contributed by atoms with E-state index in [2.05, 4.69) is 5.10 Å². The average molecular weight is 650 g/mol. The Morgan fingerprint density at radius 2 is 1.14 bits per heavy atom. The summed E-state index contributed by atoms with van der Waals surface area (Å²) in [4.78, 5) is 62.7. The van der Waals surface area contributed by atoms with Gasteiger partial charge in [0.25, 0.3) is 0 Å². The molecule has 2 aromatic heterocycles. The van der Waals surface area contributed by atoms with Gasteiger partial charge in [-0.25, -0.2) is 43.1 Å². The molecular formula is C37H27N7O5. The molecule has 0 saturated carbocycles. The zero-order valence-electron chi connectivity index (χ0n) is 26.0. The Morgan fingerprint density at radius 1 is 0.592 bits per heavy atom. The van der Waals surface area contributed by atoms with Gasteiger partial charge in [-0.2, -0.15) is 9.36 Å². The summed E-state index contributed by atoms with van der Waals surface area (Å²) in [7, 11) is 1.55. The highest BCUT2D eigenvalue weighted by Gasteiger charge is 2.52. The van der Waals surface area contributed by atoms with E-state index in [1.54, 1.807) is 141 Å². The average Bonchev–Trinajstić information content (AvgIpc) is 3.60. The second-order valence-electron chi connectivity index (χ2n) is 11.3. The first kappa shape index (κ1) is 29.5. The van der Waals surface area contributed by atoms with Gasteiger partial charge in [0.1, 0.15) is 5.75 Å². The molecule has 0 fully saturated rings. The highest BCUT2D eigenvalue weighted by Crippen LogP contribution is 2.41. The number of rotatable bonds is 6. The number of para-hydroxylation sites is 3. The molecule has 12 nitrogen and oxygen atoms in total. The Bertz CT molecular complexity index is 2610. The fraction of sp³-hybridized carbons (Fsp3) is 0.0541. The normalized spacial score (nSPS) is 15.9. The summed E-state index contributed by atoms with van der Waals surface area (Å²) in [5.74, 6) is 0.556. The summed E-state index contributed by atoms with van der Waals surface area (Å²) in [5, 5.41) is 2.80. The molecule has 1 aliphatic heterocycles. The second kappa shape index (κ2) is 11.4. The summed E-state index contributed by atoms with van der Waals surface area (Å²) in [6, 6.07) is 39.9. The molecule has 0 radical (unpaired) electrons. The first-order valence-electron chi connectivity index (χ1n) is 15.4. The maximum atomic E-state index is 14.7. The standard InChI is InChI=1S/C37H27N7O5/c1-49-29-23-21-26(22-24-29)38-32-37(25-13-5-2-6-14-25,44-36(48)40(33(45)39-44)27-15-7-3-8-16-27)30-19-11-12-20-31(30)42-34(46)41(35(47)43(32)42)28-17-9-4-10-18-28/h2-24H,1H3,(H,39,45).